The van der Waals surface area contributed by atoms with Crippen molar-refractivity contribution in [3.05, 3.63) is 112 Å². The molecule has 0 bridgehead atoms. The lowest BCUT2D eigenvalue weighted by Gasteiger charge is -2.16. The number of thioether (sulfide) groups is 1. The Bertz CT molecular complexity index is 1470. The lowest BCUT2D eigenvalue weighted by molar-refractivity contribution is 0.385. The highest BCUT2D eigenvalue weighted by molar-refractivity contribution is 7.98. The third-order valence-electron chi connectivity index (χ3n) is 5.45. The number of aryl methyl sites for hydroxylation is 2. The fourth-order valence-corrected chi connectivity index (χ4v) is 4.73. The van der Waals surface area contributed by atoms with Crippen LogP contribution in [0.4, 0.5) is 0 Å². The Morgan fingerprint density at radius 3 is 2.39 bits per heavy atom. The number of aromatic nitrogens is 4. The lowest BCUT2D eigenvalue weighted by atomic mass is 10.1. The molecular weight excluding hydrogens is 432 g/mol. The zero-order valence-corrected chi connectivity index (χ0v) is 19.2. The third-order valence-corrected chi connectivity index (χ3v) is 6.37. The van der Waals surface area contributed by atoms with Crippen LogP contribution in [-0.4, -0.2) is 19.7 Å². The van der Waals surface area contributed by atoms with Crippen LogP contribution in [0.1, 0.15) is 28.4 Å². The number of rotatable bonds is 6. The first-order chi connectivity index (χ1) is 16.1. The average molecular weight is 455 g/mol. The average Bonchev–Trinajstić information content (AvgIpc) is 3.27. The van der Waals surface area contributed by atoms with Crippen LogP contribution >= 0.6 is 11.8 Å². The summed E-state index contributed by atoms with van der Waals surface area (Å²) in [6.07, 6.45) is 0.607. The second-order valence-electron chi connectivity index (χ2n) is 7.85. The van der Waals surface area contributed by atoms with Crippen molar-refractivity contribution < 1.29 is 4.52 Å². The van der Waals surface area contributed by atoms with Gasteiger partial charge in [-0.05, 0) is 42.7 Å². The molecule has 5 aromatic rings. The molecule has 6 nitrogen and oxygen atoms in total. The maximum absolute atomic E-state index is 13.5. The summed E-state index contributed by atoms with van der Waals surface area (Å²) < 4.78 is 7.18. The summed E-state index contributed by atoms with van der Waals surface area (Å²) in [6.45, 7) is 4.01. The highest BCUT2D eigenvalue weighted by Crippen LogP contribution is 2.27. The zero-order chi connectivity index (χ0) is 22.8. The van der Waals surface area contributed by atoms with E-state index in [4.69, 9.17) is 9.51 Å². The third kappa shape index (κ3) is 4.32. The monoisotopic (exact) mass is 454 g/mol. The van der Waals surface area contributed by atoms with Crippen molar-refractivity contribution in [1.29, 1.82) is 0 Å². The summed E-state index contributed by atoms with van der Waals surface area (Å²) in [7, 11) is 0. The van der Waals surface area contributed by atoms with Crippen molar-refractivity contribution in [1.82, 2.24) is 19.7 Å². The van der Waals surface area contributed by atoms with Gasteiger partial charge >= 0.3 is 0 Å². The molecule has 164 valence electrons. The van der Waals surface area contributed by atoms with Crippen LogP contribution in [0.3, 0.4) is 0 Å². The number of hydrogen-bond acceptors (Lipinski definition) is 6. The molecule has 0 saturated heterocycles. The van der Waals surface area contributed by atoms with E-state index < -0.39 is 0 Å². The lowest BCUT2D eigenvalue weighted by Crippen LogP contribution is -2.23. The van der Waals surface area contributed by atoms with Crippen LogP contribution in [-0.2, 0) is 12.2 Å². The molecule has 0 saturated carbocycles. The molecule has 0 aliphatic rings. The van der Waals surface area contributed by atoms with Crippen LogP contribution in [0.5, 0.6) is 0 Å². The van der Waals surface area contributed by atoms with Crippen molar-refractivity contribution >= 4 is 22.7 Å². The van der Waals surface area contributed by atoms with Crippen molar-refractivity contribution in [2.45, 2.75) is 31.2 Å². The van der Waals surface area contributed by atoms with Gasteiger partial charge in [0.25, 0.3) is 5.56 Å². The van der Waals surface area contributed by atoms with Crippen LogP contribution in [0.15, 0.2) is 87.3 Å². The van der Waals surface area contributed by atoms with Gasteiger partial charge in [-0.2, -0.15) is 4.98 Å². The molecule has 0 fully saturated rings. The van der Waals surface area contributed by atoms with Crippen LogP contribution < -0.4 is 5.56 Å². The first-order valence-corrected chi connectivity index (χ1v) is 11.7. The normalized spacial score (nSPS) is 11.2. The molecule has 5 rings (SSSR count). The van der Waals surface area contributed by atoms with Crippen LogP contribution in [0.25, 0.3) is 16.6 Å². The fourth-order valence-electron chi connectivity index (χ4n) is 3.89. The Balaban J connectivity index is 1.50. The molecule has 0 amide bonds. The van der Waals surface area contributed by atoms with E-state index in [9.17, 15) is 4.79 Å². The Morgan fingerprint density at radius 2 is 1.61 bits per heavy atom. The van der Waals surface area contributed by atoms with Crippen molar-refractivity contribution in [3.8, 4) is 5.69 Å². The number of fused-ring (bicyclic) bond motifs is 1. The minimum atomic E-state index is -0.0872. The summed E-state index contributed by atoms with van der Waals surface area (Å²) in [6, 6.07) is 23.5. The van der Waals surface area contributed by atoms with Gasteiger partial charge < -0.3 is 4.52 Å². The Kier molecular flexibility index (Phi) is 5.79. The molecule has 0 N–H and O–H groups in total. The quantitative estimate of drug-likeness (QED) is 0.257. The Morgan fingerprint density at radius 1 is 0.879 bits per heavy atom. The van der Waals surface area contributed by atoms with Gasteiger partial charge in [0, 0.05) is 6.42 Å². The number of hydrogen-bond donors (Lipinski definition) is 0. The summed E-state index contributed by atoms with van der Waals surface area (Å²) in [4.78, 5) is 22.9. The number of nitrogens with zero attached hydrogens (tertiary/aromatic N) is 4. The molecule has 0 aliphatic heterocycles. The van der Waals surface area contributed by atoms with Gasteiger partial charge in [-0.25, -0.2) is 4.98 Å². The van der Waals surface area contributed by atoms with Gasteiger partial charge in [0.1, 0.15) is 0 Å². The van der Waals surface area contributed by atoms with Gasteiger partial charge in [0.05, 0.1) is 22.3 Å². The van der Waals surface area contributed by atoms with E-state index in [0.29, 0.717) is 39.9 Å². The summed E-state index contributed by atoms with van der Waals surface area (Å²) in [5.41, 5.74) is 4.59. The van der Waals surface area contributed by atoms with Gasteiger partial charge in [-0.3, -0.25) is 9.36 Å². The molecule has 2 heterocycles. The maximum atomic E-state index is 13.5. The fraction of sp³-hybridized carbons (Fsp3) is 0.154. The maximum Gasteiger partial charge on any atom is 0.266 e. The van der Waals surface area contributed by atoms with E-state index in [0.717, 1.165) is 22.4 Å². The van der Waals surface area contributed by atoms with Gasteiger partial charge in [0.15, 0.2) is 11.0 Å². The first-order valence-electron chi connectivity index (χ1n) is 10.7. The van der Waals surface area contributed by atoms with Crippen molar-refractivity contribution in [3.63, 3.8) is 0 Å². The SMILES string of the molecule is Cc1cccc(C)c1-n1c(SCc2nc(Cc3ccccc3)no2)nc2ccccc2c1=O. The molecule has 0 radical (unpaired) electrons. The van der Waals surface area contributed by atoms with E-state index in [1.54, 1.807) is 4.57 Å². The first kappa shape index (κ1) is 21.2. The highest BCUT2D eigenvalue weighted by atomic mass is 32.2. The predicted molar refractivity (Wildman–Crippen MR) is 130 cm³/mol. The molecule has 7 heteroatoms. The summed E-state index contributed by atoms with van der Waals surface area (Å²) in [5, 5.41) is 5.30. The molecule has 3 aromatic carbocycles. The van der Waals surface area contributed by atoms with E-state index in [2.05, 4.69) is 10.1 Å². The molecule has 0 unspecified atom stereocenters. The van der Waals surface area contributed by atoms with Gasteiger partial charge in [0.2, 0.25) is 5.89 Å². The molecule has 0 spiro atoms. The topological polar surface area (TPSA) is 73.8 Å². The smallest absolute Gasteiger partial charge is 0.266 e. The predicted octanol–water partition coefficient (Wildman–Crippen LogP) is 5.27. The van der Waals surface area contributed by atoms with Gasteiger partial charge in [-0.15, -0.1) is 0 Å². The number of benzene rings is 3. The molecular formula is C26H22N4O2S. The van der Waals surface area contributed by atoms with E-state index in [1.807, 2.05) is 86.6 Å². The van der Waals surface area contributed by atoms with Crippen molar-refractivity contribution in [2.75, 3.05) is 0 Å². The molecule has 2 aromatic heterocycles. The second-order valence-corrected chi connectivity index (χ2v) is 8.79. The molecule has 33 heavy (non-hydrogen) atoms. The minimum Gasteiger partial charge on any atom is -0.338 e. The van der Waals surface area contributed by atoms with E-state index in [1.165, 1.54) is 11.8 Å². The van der Waals surface area contributed by atoms with Crippen molar-refractivity contribution in [2.24, 2.45) is 0 Å². The minimum absolute atomic E-state index is 0.0872. The highest BCUT2D eigenvalue weighted by Gasteiger charge is 2.18. The number of para-hydroxylation sites is 2. The Hall–Kier alpha value is -3.71. The summed E-state index contributed by atoms with van der Waals surface area (Å²) >= 11 is 1.42. The zero-order valence-electron chi connectivity index (χ0n) is 18.4. The molecule has 0 aliphatic carbocycles. The Labute approximate surface area is 195 Å². The standard InChI is InChI=1S/C26H22N4O2S/c1-17-9-8-10-18(2)24(17)30-25(31)20-13-6-7-14-21(20)27-26(30)33-16-23-28-22(29-32-23)15-19-11-4-3-5-12-19/h3-14H,15-16H2,1-2H3. The largest absolute Gasteiger partial charge is 0.338 e. The van der Waals surface area contributed by atoms with Gasteiger partial charge in [-0.1, -0.05) is 77.6 Å². The molecule has 0 atom stereocenters. The second kappa shape index (κ2) is 9.03. The van der Waals surface area contributed by atoms with E-state index >= 15 is 0 Å². The van der Waals surface area contributed by atoms with Crippen LogP contribution in [0, 0.1) is 13.8 Å². The summed E-state index contributed by atoms with van der Waals surface area (Å²) in [5.74, 6) is 1.55. The van der Waals surface area contributed by atoms with E-state index in [-0.39, 0.29) is 5.56 Å². The van der Waals surface area contributed by atoms with Crippen LogP contribution in [0.2, 0.25) is 0 Å².